The van der Waals surface area contributed by atoms with Crippen LogP contribution in [0.15, 0.2) is 35.4 Å². The summed E-state index contributed by atoms with van der Waals surface area (Å²) in [5.74, 6) is 0.515. The van der Waals surface area contributed by atoms with Crippen LogP contribution < -0.4 is 5.43 Å². The van der Waals surface area contributed by atoms with E-state index in [1.54, 1.807) is 0 Å². The molecule has 5 nitrogen and oxygen atoms in total. The van der Waals surface area contributed by atoms with E-state index in [1.165, 1.54) is 20.5 Å². The molecule has 6 heteroatoms. The number of hydrazone groups is 1. The molecule has 0 radical (unpaired) electrons. The van der Waals surface area contributed by atoms with E-state index in [0.29, 0.717) is 5.95 Å². The maximum Gasteiger partial charge on any atom is 0.243 e. The Morgan fingerprint density at radius 2 is 1.69 bits per heavy atom. The van der Waals surface area contributed by atoms with Crippen LogP contribution >= 0.6 is 22.6 Å². The summed E-state index contributed by atoms with van der Waals surface area (Å²) in [6, 6.07) is 10.6. The number of hydrogen-bond donors (Lipinski definition) is 1. The largest absolute Gasteiger partial charge is 0.318 e. The Labute approximate surface area is 167 Å². The molecule has 134 valence electrons. The standard InChI is InChI=1S/C20H22IN5/c1-12-8-18(6-7-19(12)21)26-15(4)10-17(16(26)5)11-22-25-20-23-13(2)9-14(3)24-20/h6-11H,1-5H3,(H,23,24,25)/b22-11+. The van der Waals surface area contributed by atoms with Crippen LogP contribution in [0, 0.1) is 38.2 Å². The van der Waals surface area contributed by atoms with Gasteiger partial charge in [0.25, 0.3) is 0 Å². The minimum Gasteiger partial charge on any atom is -0.318 e. The molecule has 0 unspecified atom stereocenters. The van der Waals surface area contributed by atoms with Crippen LogP contribution in [0.4, 0.5) is 5.95 Å². The lowest BCUT2D eigenvalue weighted by Gasteiger charge is -2.11. The zero-order valence-corrected chi connectivity index (χ0v) is 17.8. The van der Waals surface area contributed by atoms with Gasteiger partial charge in [0, 0.05) is 37.6 Å². The minimum atomic E-state index is 0.515. The van der Waals surface area contributed by atoms with Gasteiger partial charge in [0.1, 0.15) is 0 Å². The lowest BCUT2D eigenvalue weighted by Crippen LogP contribution is -2.01. The van der Waals surface area contributed by atoms with Crippen molar-refractivity contribution in [3.8, 4) is 5.69 Å². The summed E-state index contributed by atoms with van der Waals surface area (Å²) >= 11 is 2.36. The van der Waals surface area contributed by atoms with Crippen molar-refractivity contribution in [1.29, 1.82) is 0 Å². The summed E-state index contributed by atoms with van der Waals surface area (Å²) in [4.78, 5) is 8.67. The van der Waals surface area contributed by atoms with E-state index >= 15 is 0 Å². The third kappa shape index (κ3) is 3.95. The Morgan fingerprint density at radius 3 is 2.35 bits per heavy atom. The highest BCUT2D eigenvalue weighted by Crippen LogP contribution is 2.22. The molecule has 0 saturated carbocycles. The van der Waals surface area contributed by atoms with Crippen LogP contribution in [-0.4, -0.2) is 20.7 Å². The van der Waals surface area contributed by atoms with Gasteiger partial charge in [-0.1, -0.05) is 0 Å². The second-order valence-corrected chi connectivity index (χ2v) is 7.60. The molecule has 0 atom stereocenters. The highest BCUT2D eigenvalue weighted by molar-refractivity contribution is 14.1. The normalized spacial score (nSPS) is 11.3. The number of nitrogens with one attached hydrogen (secondary N) is 1. The van der Waals surface area contributed by atoms with Crippen molar-refractivity contribution in [2.45, 2.75) is 34.6 Å². The van der Waals surface area contributed by atoms with Gasteiger partial charge >= 0.3 is 0 Å². The Hall–Kier alpha value is -2.22. The molecule has 2 aromatic heterocycles. The first-order valence-corrected chi connectivity index (χ1v) is 9.50. The Kier molecular flexibility index (Phi) is 5.41. The number of nitrogens with zero attached hydrogens (tertiary/aromatic N) is 4. The van der Waals surface area contributed by atoms with E-state index in [-0.39, 0.29) is 0 Å². The van der Waals surface area contributed by atoms with E-state index in [1.807, 2.05) is 26.1 Å². The highest BCUT2D eigenvalue weighted by Gasteiger charge is 2.10. The fraction of sp³-hybridized carbons (Fsp3) is 0.250. The van der Waals surface area contributed by atoms with E-state index in [9.17, 15) is 0 Å². The zero-order valence-electron chi connectivity index (χ0n) is 15.6. The number of aryl methyl sites for hydroxylation is 4. The van der Waals surface area contributed by atoms with Gasteiger partial charge in [0.05, 0.1) is 6.21 Å². The molecule has 0 saturated heterocycles. The van der Waals surface area contributed by atoms with Crippen LogP contribution in [0.25, 0.3) is 5.69 Å². The molecule has 1 aromatic carbocycles. The van der Waals surface area contributed by atoms with Crippen molar-refractivity contribution in [3.05, 3.63) is 67.8 Å². The predicted molar refractivity (Wildman–Crippen MR) is 115 cm³/mol. The molecule has 2 heterocycles. The highest BCUT2D eigenvalue weighted by atomic mass is 127. The SMILES string of the molecule is Cc1cc(C)nc(N/N=C/c2cc(C)n(-c3ccc(I)c(C)c3)c2C)n1. The number of halogens is 1. The van der Waals surface area contributed by atoms with Crippen molar-refractivity contribution in [3.63, 3.8) is 0 Å². The molecule has 0 amide bonds. The topological polar surface area (TPSA) is 55.1 Å². The Bertz CT molecular complexity index is 968. The first-order valence-electron chi connectivity index (χ1n) is 8.42. The van der Waals surface area contributed by atoms with Crippen molar-refractivity contribution in [1.82, 2.24) is 14.5 Å². The maximum absolute atomic E-state index is 4.33. The van der Waals surface area contributed by atoms with Gasteiger partial charge in [-0.15, -0.1) is 0 Å². The first-order chi connectivity index (χ1) is 12.3. The summed E-state index contributed by atoms with van der Waals surface area (Å²) in [7, 11) is 0. The van der Waals surface area contributed by atoms with Crippen LogP contribution in [0.2, 0.25) is 0 Å². The second kappa shape index (κ2) is 7.57. The molecule has 0 bridgehead atoms. The monoisotopic (exact) mass is 459 g/mol. The molecule has 26 heavy (non-hydrogen) atoms. The molecule has 3 aromatic rings. The molecule has 3 rings (SSSR count). The number of rotatable bonds is 4. The van der Waals surface area contributed by atoms with Crippen molar-refractivity contribution >= 4 is 34.8 Å². The van der Waals surface area contributed by atoms with Gasteiger partial charge in [-0.05, 0) is 93.1 Å². The molecule has 0 fully saturated rings. The van der Waals surface area contributed by atoms with Crippen molar-refractivity contribution in [2.75, 3.05) is 5.43 Å². The number of hydrogen-bond acceptors (Lipinski definition) is 4. The van der Waals surface area contributed by atoms with E-state index in [0.717, 1.165) is 22.6 Å². The molecule has 0 spiro atoms. The van der Waals surface area contributed by atoms with Crippen LogP contribution in [-0.2, 0) is 0 Å². The predicted octanol–water partition coefficient (Wildman–Crippen LogP) is 4.86. The van der Waals surface area contributed by atoms with Gasteiger partial charge in [0.15, 0.2) is 0 Å². The van der Waals surface area contributed by atoms with E-state index < -0.39 is 0 Å². The van der Waals surface area contributed by atoms with Crippen LogP contribution in [0.5, 0.6) is 0 Å². The van der Waals surface area contributed by atoms with Crippen LogP contribution in [0.3, 0.4) is 0 Å². The lowest BCUT2D eigenvalue weighted by atomic mass is 10.2. The molecular weight excluding hydrogens is 437 g/mol. The summed E-state index contributed by atoms with van der Waals surface area (Å²) < 4.78 is 3.52. The van der Waals surface area contributed by atoms with Crippen LogP contribution in [0.1, 0.15) is 33.9 Å². The number of aromatic nitrogens is 3. The molecule has 1 N–H and O–H groups in total. The summed E-state index contributed by atoms with van der Waals surface area (Å²) in [5, 5.41) is 4.32. The van der Waals surface area contributed by atoms with Gasteiger partial charge in [-0.25, -0.2) is 15.4 Å². The second-order valence-electron chi connectivity index (χ2n) is 6.44. The smallest absolute Gasteiger partial charge is 0.243 e. The molecule has 0 aliphatic rings. The number of anilines is 1. The van der Waals surface area contributed by atoms with E-state index in [4.69, 9.17) is 0 Å². The molecule has 0 aliphatic carbocycles. The van der Waals surface area contributed by atoms with Crippen molar-refractivity contribution < 1.29 is 0 Å². The quantitative estimate of drug-likeness (QED) is 0.345. The fourth-order valence-electron chi connectivity index (χ4n) is 3.02. The zero-order chi connectivity index (χ0) is 18.8. The lowest BCUT2D eigenvalue weighted by molar-refractivity contribution is 0.962. The molecular formula is C20H22IN5. The first kappa shape index (κ1) is 18.6. The summed E-state index contributed by atoms with van der Waals surface area (Å²) in [6.07, 6.45) is 1.82. The average molecular weight is 459 g/mol. The Balaban J connectivity index is 1.86. The summed E-state index contributed by atoms with van der Waals surface area (Å²) in [6.45, 7) is 10.2. The van der Waals surface area contributed by atoms with Gasteiger partial charge < -0.3 is 4.57 Å². The summed E-state index contributed by atoms with van der Waals surface area (Å²) in [5.41, 5.74) is 10.6. The minimum absolute atomic E-state index is 0.515. The number of benzene rings is 1. The van der Waals surface area contributed by atoms with Gasteiger partial charge in [0.2, 0.25) is 5.95 Å². The maximum atomic E-state index is 4.33. The van der Waals surface area contributed by atoms with Crippen molar-refractivity contribution in [2.24, 2.45) is 5.10 Å². The third-order valence-electron chi connectivity index (χ3n) is 4.22. The van der Waals surface area contributed by atoms with E-state index in [2.05, 4.69) is 92.7 Å². The Morgan fingerprint density at radius 1 is 1.00 bits per heavy atom. The fourth-order valence-corrected chi connectivity index (χ4v) is 3.35. The van der Waals surface area contributed by atoms with Gasteiger partial charge in [-0.3, -0.25) is 0 Å². The average Bonchev–Trinajstić information content (AvgIpc) is 2.83. The third-order valence-corrected chi connectivity index (χ3v) is 5.43. The molecule has 0 aliphatic heterocycles. The van der Waals surface area contributed by atoms with Gasteiger partial charge in [-0.2, -0.15) is 5.10 Å².